The molecule has 0 atom stereocenters. The Morgan fingerprint density at radius 3 is 1.79 bits per heavy atom. The molecule has 19 heavy (non-hydrogen) atoms. The van der Waals surface area contributed by atoms with Crippen LogP contribution in [0, 0.1) is 0 Å². The largest absolute Gasteiger partial charge is 0.388 e. The molecule has 0 aliphatic heterocycles. The first kappa shape index (κ1) is 18.2. The van der Waals surface area contributed by atoms with E-state index >= 15 is 0 Å². The van der Waals surface area contributed by atoms with Crippen LogP contribution in [0.25, 0.3) is 0 Å². The minimum absolute atomic E-state index is 0.119. The number of ketones is 1. The molecule has 2 nitrogen and oxygen atoms in total. The maximum atomic E-state index is 10.8. The van der Waals surface area contributed by atoms with Crippen molar-refractivity contribution < 1.29 is 4.79 Å². The Hall–Kier alpha value is -0.790. The molecule has 0 aliphatic carbocycles. The molecular formula is C17H33NO. The fourth-order valence-corrected chi connectivity index (χ4v) is 2.25. The van der Waals surface area contributed by atoms with Crippen molar-refractivity contribution in [1.82, 2.24) is 5.32 Å². The Kier molecular flexibility index (Phi) is 13.1. The molecule has 0 aromatic carbocycles. The van der Waals surface area contributed by atoms with Gasteiger partial charge in [0.1, 0.15) is 0 Å². The maximum Gasteiger partial charge on any atom is 0.154 e. The smallest absolute Gasteiger partial charge is 0.154 e. The van der Waals surface area contributed by atoms with Crippen LogP contribution in [0.2, 0.25) is 0 Å². The lowest BCUT2D eigenvalue weighted by molar-refractivity contribution is -0.112. The van der Waals surface area contributed by atoms with Crippen molar-refractivity contribution in [3.05, 3.63) is 11.8 Å². The summed E-state index contributed by atoms with van der Waals surface area (Å²) in [5.74, 6) is 0.119. The van der Waals surface area contributed by atoms with Crippen LogP contribution in [0.4, 0.5) is 0 Å². The van der Waals surface area contributed by atoms with Crippen LogP contribution in [0.3, 0.4) is 0 Å². The number of nitrogens with one attached hydrogen (secondary N) is 1. The van der Waals surface area contributed by atoms with E-state index < -0.39 is 0 Å². The highest BCUT2D eigenvalue weighted by Crippen LogP contribution is 2.10. The van der Waals surface area contributed by atoms with Crippen molar-refractivity contribution in [1.29, 1.82) is 0 Å². The van der Waals surface area contributed by atoms with Gasteiger partial charge in [-0.2, -0.15) is 0 Å². The number of hydrogen-bond acceptors (Lipinski definition) is 2. The summed E-state index contributed by atoms with van der Waals surface area (Å²) in [5, 5.41) is 3.28. The molecule has 0 radical (unpaired) electrons. The molecule has 0 bridgehead atoms. The summed E-state index contributed by atoms with van der Waals surface area (Å²) in [6.07, 6.45) is 15.3. The molecule has 0 unspecified atom stereocenters. The second kappa shape index (κ2) is 13.6. The van der Waals surface area contributed by atoms with Gasteiger partial charge in [-0.05, 0) is 26.3 Å². The maximum absolute atomic E-state index is 10.8. The molecule has 2 heteroatoms. The SMILES string of the molecule is CCCCCCCCCCCCN/C(C)=C/C(C)=O. The highest BCUT2D eigenvalue weighted by molar-refractivity contribution is 5.87. The zero-order valence-corrected chi connectivity index (χ0v) is 13.3. The van der Waals surface area contributed by atoms with Crippen LogP contribution in [-0.4, -0.2) is 12.3 Å². The Morgan fingerprint density at radius 1 is 0.842 bits per heavy atom. The standard InChI is InChI=1S/C17H33NO/c1-4-5-6-7-8-9-10-11-12-13-14-18-16(2)15-17(3)19/h15,18H,4-14H2,1-3H3/b16-15+. The van der Waals surface area contributed by atoms with Crippen molar-refractivity contribution in [3.8, 4) is 0 Å². The molecule has 0 amide bonds. The van der Waals surface area contributed by atoms with Crippen molar-refractivity contribution in [2.75, 3.05) is 6.54 Å². The number of rotatable bonds is 13. The van der Waals surface area contributed by atoms with E-state index in [1.165, 1.54) is 64.2 Å². The van der Waals surface area contributed by atoms with Gasteiger partial charge in [-0.1, -0.05) is 64.7 Å². The first-order valence-corrected chi connectivity index (χ1v) is 8.09. The number of carbonyl (C=O) groups excluding carboxylic acids is 1. The third-order valence-electron chi connectivity index (χ3n) is 3.35. The predicted octanol–water partition coefficient (Wildman–Crippen LogP) is 4.99. The van der Waals surface area contributed by atoms with E-state index in [-0.39, 0.29) is 5.78 Å². The van der Waals surface area contributed by atoms with Gasteiger partial charge in [0.05, 0.1) is 0 Å². The molecule has 0 spiro atoms. The second-order valence-electron chi connectivity index (χ2n) is 5.55. The van der Waals surface area contributed by atoms with Gasteiger partial charge < -0.3 is 5.32 Å². The third kappa shape index (κ3) is 15.2. The van der Waals surface area contributed by atoms with Crippen molar-refractivity contribution in [2.45, 2.75) is 85.0 Å². The zero-order valence-electron chi connectivity index (χ0n) is 13.3. The molecular weight excluding hydrogens is 234 g/mol. The van der Waals surface area contributed by atoms with Gasteiger partial charge in [0, 0.05) is 12.2 Å². The van der Waals surface area contributed by atoms with Gasteiger partial charge in [0.2, 0.25) is 0 Å². The minimum atomic E-state index is 0.119. The summed E-state index contributed by atoms with van der Waals surface area (Å²) in [5.41, 5.74) is 0.989. The summed E-state index contributed by atoms with van der Waals surface area (Å²) in [4.78, 5) is 10.8. The second-order valence-corrected chi connectivity index (χ2v) is 5.55. The molecule has 0 heterocycles. The summed E-state index contributed by atoms with van der Waals surface area (Å²) in [6, 6.07) is 0. The molecule has 1 N–H and O–H groups in total. The van der Waals surface area contributed by atoms with Crippen LogP contribution in [-0.2, 0) is 4.79 Å². The Morgan fingerprint density at radius 2 is 1.32 bits per heavy atom. The number of hydrogen-bond donors (Lipinski definition) is 1. The molecule has 0 aromatic heterocycles. The lowest BCUT2D eigenvalue weighted by atomic mass is 10.1. The fraction of sp³-hybridized carbons (Fsp3) is 0.824. The van der Waals surface area contributed by atoms with E-state index in [2.05, 4.69) is 12.2 Å². The van der Waals surface area contributed by atoms with Gasteiger partial charge in [-0.15, -0.1) is 0 Å². The predicted molar refractivity (Wildman–Crippen MR) is 84.3 cm³/mol. The average Bonchev–Trinajstić information content (AvgIpc) is 2.35. The quantitative estimate of drug-likeness (QED) is 0.376. The monoisotopic (exact) mass is 267 g/mol. The summed E-state index contributed by atoms with van der Waals surface area (Å²) < 4.78 is 0. The van der Waals surface area contributed by atoms with Gasteiger partial charge in [-0.25, -0.2) is 0 Å². The highest BCUT2D eigenvalue weighted by atomic mass is 16.1. The summed E-state index contributed by atoms with van der Waals surface area (Å²) in [7, 11) is 0. The van der Waals surface area contributed by atoms with Crippen LogP contribution >= 0.6 is 0 Å². The van der Waals surface area contributed by atoms with Gasteiger partial charge in [0.15, 0.2) is 5.78 Å². The molecule has 0 rings (SSSR count). The molecule has 0 saturated heterocycles. The molecule has 0 saturated carbocycles. The minimum Gasteiger partial charge on any atom is -0.388 e. The Bertz CT molecular complexity index is 246. The van der Waals surface area contributed by atoms with Crippen LogP contribution in [0.1, 0.15) is 85.0 Å². The van der Waals surface area contributed by atoms with Crippen molar-refractivity contribution >= 4 is 5.78 Å². The molecule has 112 valence electrons. The van der Waals surface area contributed by atoms with E-state index in [1.807, 2.05) is 6.92 Å². The lowest BCUT2D eigenvalue weighted by Gasteiger charge is -2.06. The lowest BCUT2D eigenvalue weighted by Crippen LogP contribution is -2.13. The third-order valence-corrected chi connectivity index (χ3v) is 3.35. The molecule has 0 aliphatic rings. The van der Waals surface area contributed by atoms with Crippen LogP contribution in [0.5, 0.6) is 0 Å². The number of allylic oxidation sites excluding steroid dienone is 2. The van der Waals surface area contributed by atoms with Crippen molar-refractivity contribution in [2.24, 2.45) is 0 Å². The Labute approximate surface area is 120 Å². The van der Waals surface area contributed by atoms with Crippen LogP contribution < -0.4 is 5.32 Å². The van der Waals surface area contributed by atoms with Gasteiger partial charge >= 0.3 is 0 Å². The highest BCUT2D eigenvalue weighted by Gasteiger charge is 1.94. The first-order chi connectivity index (χ1) is 9.16. The fourth-order valence-electron chi connectivity index (χ4n) is 2.25. The topological polar surface area (TPSA) is 29.1 Å². The first-order valence-electron chi connectivity index (χ1n) is 8.09. The zero-order chi connectivity index (χ0) is 14.3. The van der Waals surface area contributed by atoms with Crippen LogP contribution in [0.15, 0.2) is 11.8 Å². The van der Waals surface area contributed by atoms with E-state index in [4.69, 9.17) is 0 Å². The number of unbranched alkanes of at least 4 members (excludes halogenated alkanes) is 9. The van der Waals surface area contributed by atoms with E-state index in [0.29, 0.717) is 0 Å². The molecule has 0 aromatic rings. The van der Waals surface area contributed by atoms with Gasteiger partial charge in [-0.3, -0.25) is 4.79 Å². The van der Waals surface area contributed by atoms with E-state index in [9.17, 15) is 4.79 Å². The summed E-state index contributed by atoms with van der Waals surface area (Å²) in [6.45, 7) is 6.80. The van der Waals surface area contributed by atoms with E-state index in [1.54, 1.807) is 13.0 Å². The normalized spacial score (nSPS) is 11.6. The average molecular weight is 267 g/mol. The number of carbonyl (C=O) groups is 1. The summed E-state index contributed by atoms with van der Waals surface area (Å²) >= 11 is 0. The van der Waals surface area contributed by atoms with E-state index in [0.717, 1.165) is 12.2 Å². The Balaban J connectivity index is 3.17. The van der Waals surface area contributed by atoms with Gasteiger partial charge in [0.25, 0.3) is 0 Å². The molecule has 0 fully saturated rings. The van der Waals surface area contributed by atoms with Crippen molar-refractivity contribution in [3.63, 3.8) is 0 Å².